The van der Waals surface area contributed by atoms with E-state index < -0.39 is 0 Å². The van der Waals surface area contributed by atoms with Crippen LogP contribution in [0.4, 0.5) is 0 Å². The van der Waals surface area contributed by atoms with Crippen LogP contribution in [0.5, 0.6) is 0 Å². The highest BCUT2D eigenvalue weighted by molar-refractivity contribution is 5.79. The number of nitrogens with zero attached hydrogens (tertiary/aromatic N) is 1. The Morgan fingerprint density at radius 2 is 2.14 bits per heavy atom. The van der Waals surface area contributed by atoms with Crippen LogP contribution in [0.25, 0.3) is 16.7 Å². The largest absolute Gasteiger partial charge is 0.331 e. The van der Waals surface area contributed by atoms with Crippen molar-refractivity contribution >= 4 is 16.7 Å². The molecule has 3 heteroatoms. The number of allylic oxidation sites excluding steroid dienone is 2. The molecule has 0 amide bonds. The number of nitrogens with one attached hydrogen (secondary N) is 1. The minimum Gasteiger partial charge on any atom is -0.305 e. The van der Waals surface area contributed by atoms with Crippen molar-refractivity contribution in [3.05, 3.63) is 54.0 Å². The van der Waals surface area contributed by atoms with E-state index in [2.05, 4.69) is 18.1 Å². The maximum atomic E-state index is 11.5. The summed E-state index contributed by atoms with van der Waals surface area (Å²) in [5.74, 6) is 0. The molecule has 0 saturated carbocycles. The van der Waals surface area contributed by atoms with Crippen LogP contribution in [0.1, 0.15) is 0 Å². The first kappa shape index (κ1) is 8.56. The van der Waals surface area contributed by atoms with Crippen LogP contribution >= 0.6 is 0 Å². The van der Waals surface area contributed by atoms with Crippen LogP contribution in [0, 0.1) is 0 Å². The van der Waals surface area contributed by atoms with Gasteiger partial charge < -0.3 is 4.98 Å². The van der Waals surface area contributed by atoms with Crippen LogP contribution in [0.2, 0.25) is 0 Å². The van der Waals surface area contributed by atoms with Gasteiger partial charge in [0.05, 0.1) is 11.0 Å². The summed E-state index contributed by atoms with van der Waals surface area (Å²) in [4.78, 5) is 14.3. The summed E-state index contributed by atoms with van der Waals surface area (Å²) in [7, 11) is 0. The molecule has 0 spiro atoms. The van der Waals surface area contributed by atoms with E-state index in [-0.39, 0.29) is 5.69 Å². The fourth-order valence-corrected chi connectivity index (χ4v) is 1.43. The summed E-state index contributed by atoms with van der Waals surface area (Å²) < 4.78 is 1.50. The smallest absolute Gasteiger partial charge is 0.305 e. The van der Waals surface area contributed by atoms with Gasteiger partial charge in [-0.3, -0.25) is 4.57 Å². The number of aromatic nitrogens is 2. The number of rotatable bonds is 2. The molecule has 0 aliphatic heterocycles. The Labute approximate surface area is 81.0 Å². The van der Waals surface area contributed by atoms with Gasteiger partial charge in [0.2, 0.25) is 0 Å². The Kier molecular flexibility index (Phi) is 1.85. The van der Waals surface area contributed by atoms with Crippen molar-refractivity contribution < 1.29 is 0 Å². The molecule has 1 aromatic carbocycles. The minimum absolute atomic E-state index is 0.184. The van der Waals surface area contributed by atoms with Crippen LogP contribution in [-0.4, -0.2) is 9.55 Å². The maximum absolute atomic E-state index is 11.5. The molecule has 0 atom stereocenters. The molecule has 0 aliphatic carbocycles. The second kappa shape index (κ2) is 3.03. The molecule has 0 radical (unpaired) electrons. The van der Waals surface area contributed by atoms with Gasteiger partial charge in [-0.2, -0.15) is 0 Å². The first-order valence-electron chi connectivity index (χ1n) is 4.25. The van der Waals surface area contributed by atoms with Gasteiger partial charge >= 0.3 is 5.69 Å². The first-order chi connectivity index (χ1) is 6.74. The van der Waals surface area contributed by atoms with Crippen molar-refractivity contribution in [2.45, 2.75) is 0 Å². The van der Waals surface area contributed by atoms with Crippen molar-refractivity contribution in [2.24, 2.45) is 0 Å². The van der Waals surface area contributed by atoms with Crippen molar-refractivity contribution in [1.29, 1.82) is 0 Å². The van der Waals surface area contributed by atoms with E-state index in [0.717, 1.165) is 11.0 Å². The number of H-pyrrole nitrogens is 1. The normalized spacial score (nSPS) is 10.3. The molecule has 2 aromatic rings. The summed E-state index contributed by atoms with van der Waals surface area (Å²) in [5.41, 5.74) is 2.02. The summed E-state index contributed by atoms with van der Waals surface area (Å²) in [6.07, 6.45) is 1.56. The maximum Gasteiger partial charge on any atom is 0.331 e. The standard InChI is InChI=1S/C11H10N2O/c1-3-8(2)13-10-7-5-4-6-9(10)12-11(13)14/h3-7H,1-2H2,(H,12,14). The highest BCUT2D eigenvalue weighted by atomic mass is 16.1. The number of fused-ring (bicyclic) bond motifs is 1. The molecule has 0 bridgehead atoms. The molecule has 1 N–H and O–H groups in total. The van der Waals surface area contributed by atoms with Gasteiger partial charge in [0, 0.05) is 5.70 Å². The van der Waals surface area contributed by atoms with Crippen LogP contribution in [0.3, 0.4) is 0 Å². The number of hydrogen-bond donors (Lipinski definition) is 1. The van der Waals surface area contributed by atoms with E-state index in [0.29, 0.717) is 5.70 Å². The predicted octanol–water partition coefficient (Wildman–Crippen LogP) is 1.99. The van der Waals surface area contributed by atoms with E-state index >= 15 is 0 Å². The van der Waals surface area contributed by atoms with Gasteiger partial charge in [-0.1, -0.05) is 25.3 Å². The highest BCUT2D eigenvalue weighted by Crippen LogP contribution is 2.12. The van der Waals surface area contributed by atoms with E-state index in [9.17, 15) is 4.79 Å². The Balaban J connectivity index is 2.87. The lowest BCUT2D eigenvalue weighted by atomic mass is 10.3. The predicted molar refractivity (Wildman–Crippen MR) is 58.1 cm³/mol. The lowest BCUT2D eigenvalue weighted by molar-refractivity contribution is 1.05. The van der Waals surface area contributed by atoms with E-state index in [1.165, 1.54) is 4.57 Å². The van der Waals surface area contributed by atoms with Crippen molar-refractivity contribution in [2.75, 3.05) is 0 Å². The molecule has 0 unspecified atom stereocenters. The minimum atomic E-state index is -0.184. The SMILES string of the molecule is C=CC(=C)n1c(=O)[nH]c2ccccc21. The molecule has 14 heavy (non-hydrogen) atoms. The van der Waals surface area contributed by atoms with Gasteiger partial charge in [-0.15, -0.1) is 0 Å². The summed E-state index contributed by atoms with van der Waals surface area (Å²) in [5, 5.41) is 0. The van der Waals surface area contributed by atoms with Gasteiger partial charge in [0.25, 0.3) is 0 Å². The summed E-state index contributed by atoms with van der Waals surface area (Å²) in [6, 6.07) is 7.47. The average molecular weight is 186 g/mol. The zero-order valence-corrected chi connectivity index (χ0v) is 7.66. The van der Waals surface area contributed by atoms with Crippen LogP contribution < -0.4 is 5.69 Å². The molecule has 1 heterocycles. The van der Waals surface area contributed by atoms with Gasteiger partial charge in [0.15, 0.2) is 0 Å². The number of aromatic amines is 1. The molecule has 0 saturated heterocycles. The molecule has 2 rings (SSSR count). The lowest BCUT2D eigenvalue weighted by Gasteiger charge is -2.00. The monoisotopic (exact) mass is 186 g/mol. The summed E-state index contributed by atoms with van der Waals surface area (Å²) >= 11 is 0. The molecule has 0 aliphatic rings. The third kappa shape index (κ3) is 1.10. The highest BCUT2D eigenvalue weighted by Gasteiger charge is 2.05. The number of hydrogen-bond acceptors (Lipinski definition) is 1. The van der Waals surface area contributed by atoms with Gasteiger partial charge in [-0.05, 0) is 18.2 Å². The fraction of sp³-hybridized carbons (Fsp3) is 0. The van der Waals surface area contributed by atoms with Crippen molar-refractivity contribution in [3.8, 4) is 0 Å². The lowest BCUT2D eigenvalue weighted by Crippen LogP contribution is -2.14. The zero-order chi connectivity index (χ0) is 10.1. The topological polar surface area (TPSA) is 37.8 Å². The van der Waals surface area contributed by atoms with Crippen LogP contribution in [0.15, 0.2) is 48.3 Å². The number of benzene rings is 1. The second-order valence-electron chi connectivity index (χ2n) is 2.98. The van der Waals surface area contributed by atoms with Gasteiger partial charge in [-0.25, -0.2) is 4.79 Å². The van der Waals surface area contributed by atoms with Gasteiger partial charge in [0.1, 0.15) is 0 Å². The second-order valence-corrected chi connectivity index (χ2v) is 2.98. The number of imidazole rings is 1. The molecular weight excluding hydrogens is 176 g/mol. The average Bonchev–Trinajstić information content (AvgIpc) is 2.53. The summed E-state index contributed by atoms with van der Waals surface area (Å²) in [6.45, 7) is 7.34. The van der Waals surface area contributed by atoms with E-state index in [4.69, 9.17) is 0 Å². The first-order valence-corrected chi connectivity index (χ1v) is 4.25. The Bertz CT molecular complexity index is 560. The van der Waals surface area contributed by atoms with Crippen LogP contribution in [-0.2, 0) is 0 Å². The molecule has 1 aromatic heterocycles. The van der Waals surface area contributed by atoms with E-state index in [1.807, 2.05) is 24.3 Å². The fourth-order valence-electron chi connectivity index (χ4n) is 1.43. The third-order valence-electron chi connectivity index (χ3n) is 2.11. The number of para-hydroxylation sites is 2. The van der Waals surface area contributed by atoms with Crippen molar-refractivity contribution in [1.82, 2.24) is 9.55 Å². The Morgan fingerprint density at radius 1 is 1.43 bits per heavy atom. The molecule has 0 fully saturated rings. The Hall–Kier alpha value is -2.03. The Morgan fingerprint density at radius 3 is 2.86 bits per heavy atom. The van der Waals surface area contributed by atoms with Crippen molar-refractivity contribution in [3.63, 3.8) is 0 Å². The third-order valence-corrected chi connectivity index (χ3v) is 2.11. The molecule has 70 valence electrons. The quantitative estimate of drug-likeness (QED) is 0.715. The zero-order valence-electron chi connectivity index (χ0n) is 7.66. The molecule has 3 nitrogen and oxygen atoms in total. The molecular formula is C11H10N2O. The van der Waals surface area contributed by atoms with E-state index in [1.54, 1.807) is 6.08 Å².